The van der Waals surface area contributed by atoms with Gasteiger partial charge in [-0.05, 0) is 25.4 Å². The predicted octanol–water partition coefficient (Wildman–Crippen LogP) is 2.40. The predicted molar refractivity (Wildman–Crippen MR) is 68.1 cm³/mol. The first kappa shape index (κ1) is 10.9. The van der Waals surface area contributed by atoms with Crippen molar-refractivity contribution in [1.82, 2.24) is 0 Å². The normalized spacial score (nSPS) is 10.1. The minimum Gasteiger partial charge on any atom is -0.207 e. The molecule has 80 valence electrons. The molecule has 0 heterocycles. The van der Waals surface area contributed by atoms with Gasteiger partial charge in [0.25, 0.3) is 0 Å². The van der Waals surface area contributed by atoms with E-state index in [9.17, 15) is 4.39 Å². The number of halogens is 1. The van der Waals surface area contributed by atoms with Gasteiger partial charge in [0.1, 0.15) is 5.82 Å². The maximum Gasteiger partial charge on any atom is 0.162 e. The lowest BCUT2D eigenvalue weighted by Gasteiger charge is -2.01. The standard InChI is InChI=1S/C14H14BF/c1-11-2-4-12(5-3-11)10-15-13-6-8-14(16)9-7-13/h2-9,15H,10H2,1H3. The van der Waals surface area contributed by atoms with Crippen molar-refractivity contribution in [3.05, 3.63) is 65.5 Å². The molecule has 0 radical (unpaired) electrons. The molecule has 0 saturated carbocycles. The Labute approximate surface area is 96.4 Å². The SMILES string of the molecule is Cc1ccc(CBc2ccc(F)cc2)cc1. The Morgan fingerprint density at radius 1 is 0.938 bits per heavy atom. The molecular formula is C14H14BF. The number of hydrogen-bond donors (Lipinski definition) is 0. The van der Waals surface area contributed by atoms with E-state index in [-0.39, 0.29) is 5.82 Å². The van der Waals surface area contributed by atoms with Gasteiger partial charge in [0, 0.05) is 0 Å². The number of rotatable bonds is 3. The number of benzene rings is 2. The molecule has 0 aliphatic heterocycles. The lowest BCUT2D eigenvalue weighted by atomic mass is 9.65. The van der Waals surface area contributed by atoms with E-state index < -0.39 is 0 Å². The van der Waals surface area contributed by atoms with Gasteiger partial charge in [-0.25, -0.2) is 4.39 Å². The van der Waals surface area contributed by atoms with Crippen LogP contribution in [0.2, 0.25) is 0 Å². The van der Waals surface area contributed by atoms with E-state index in [0.717, 1.165) is 13.6 Å². The summed E-state index contributed by atoms with van der Waals surface area (Å²) >= 11 is 0. The minimum atomic E-state index is -0.168. The molecule has 16 heavy (non-hydrogen) atoms. The first-order valence-electron chi connectivity index (χ1n) is 5.54. The fourth-order valence-electron chi connectivity index (χ4n) is 1.69. The van der Waals surface area contributed by atoms with E-state index in [0.29, 0.717) is 0 Å². The number of aryl methyl sites for hydroxylation is 1. The lowest BCUT2D eigenvalue weighted by molar-refractivity contribution is 0.628. The third-order valence-electron chi connectivity index (χ3n) is 2.74. The van der Waals surface area contributed by atoms with Gasteiger partial charge in [0.15, 0.2) is 7.28 Å². The summed E-state index contributed by atoms with van der Waals surface area (Å²) in [4.78, 5) is 0. The van der Waals surface area contributed by atoms with Crippen molar-refractivity contribution in [3.8, 4) is 0 Å². The topological polar surface area (TPSA) is 0 Å². The van der Waals surface area contributed by atoms with Crippen LogP contribution in [-0.2, 0) is 6.32 Å². The molecule has 0 fully saturated rings. The van der Waals surface area contributed by atoms with Crippen LogP contribution < -0.4 is 5.46 Å². The van der Waals surface area contributed by atoms with Crippen LogP contribution in [0.4, 0.5) is 4.39 Å². The summed E-state index contributed by atoms with van der Waals surface area (Å²) in [6.45, 7) is 2.09. The molecule has 0 unspecified atom stereocenters. The van der Waals surface area contributed by atoms with Crippen molar-refractivity contribution in [2.75, 3.05) is 0 Å². The Hall–Kier alpha value is -1.57. The molecule has 0 saturated heterocycles. The molecule has 0 atom stereocenters. The molecule has 2 aromatic carbocycles. The fourth-order valence-corrected chi connectivity index (χ4v) is 1.69. The van der Waals surface area contributed by atoms with Crippen LogP contribution in [0.1, 0.15) is 11.1 Å². The van der Waals surface area contributed by atoms with Gasteiger partial charge in [0.05, 0.1) is 0 Å². The molecule has 2 rings (SSSR count). The molecule has 0 aliphatic carbocycles. The van der Waals surface area contributed by atoms with Crippen molar-refractivity contribution >= 4 is 12.7 Å². The summed E-state index contributed by atoms with van der Waals surface area (Å²) in [5.41, 5.74) is 3.79. The van der Waals surface area contributed by atoms with Crippen LogP contribution in [0.15, 0.2) is 48.5 Å². The van der Waals surface area contributed by atoms with Gasteiger partial charge in [-0.2, -0.15) is 0 Å². The summed E-state index contributed by atoms with van der Waals surface area (Å²) in [6.07, 6.45) is 1.01. The van der Waals surface area contributed by atoms with Crippen LogP contribution in [0.25, 0.3) is 0 Å². The average molecular weight is 212 g/mol. The van der Waals surface area contributed by atoms with E-state index >= 15 is 0 Å². The summed E-state index contributed by atoms with van der Waals surface area (Å²) < 4.78 is 12.7. The highest BCUT2D eigenvalue weighted by Gasteiger charge is 1.98. The summed E-state index contributed by atoms with van der Waals surface area (Å²) in [5.74, 6) is -0.168. The number of hydrogen-bond acceptors (Lipinski definition) is 0. The van der Waals surface area contributed by atoms with E-state index in [1.807, 2.05) is 12.1 Å². The molecule has 0 spiro atoms. The first-order valence-corrected chi connectivity index (χ1v) is 5.54. The smallest absolute Gasteiger partial charge is 0.162 e. The molecule has 2 heteroatoms. The Kier molecular flexibility index (Phi) is 3.40. The molecule has 0 aliphatic rings. The van der Waals surface area contributed by atoms with Crippen molar-refractivity contribution in [2.45, 2.75) is 13.2 Å². The third kappa shape index (κ3) is 2.96. The highest BCUT2D eigenvalue weighted by Crippen LogP contribution is 2.03. The lowest BCUT2D eigenvalue weighted by Crippen LogP contribution is -2.16. The van der Waals surface area contributed by atoms with Crippen LogP contribution in [0, 0.1) is 12.7 Å². The highest BCUT2D eigenvalue weighted by atomic mass is 19.1. The monoisotopic (exact) mass is 212 g/mol. The van der Waals surface area contributed by atoms with Crippen molar-refractivity contribution in [3.63, 3.8) is 0 Å². The van der Waals surface area contributed by atoms with Gasteiger partial charge in [-0.1, -0.05) is 53.0 Å². The Bertz CT molecular complexity index is 400. The second kappa shape index (κ2) is 4.97. The molecule has 0 N–H and O–H groups in total. The second-order valence-corrected chi connectivity index (χ2v) is 4.11. The quantitative estimate of drug-likeness (QED) is 0.685. The average Bonchev–Trinajstić information content (AvgIpc) is 2.30. The van der Waals surface area contributed by atoms with E-state index in [1.54, 1.807) is 0 Å². The maximum atomic E-state index is 12.7. The Morgan fingerprint density at radius 3 is 2.19 bits per heavy atom. The zero-order chi connectivity index (χ0) is 11.4. The van der Waals surface area contributed by atoms with Gasteiger partial charge in [-0.15, -0.1) is 0 Å². The van der Waals surface area contributed by atoms with Crippen molar-refractivity contribution < 1.29 is 4.39 Å². The minimum absolute atomic E-state index is 0.168. The molecule has 0 bridgehead atoms. The van der Waals surface area contributed by atoms with Crippen LogP contribution >= 0.6 is 0 Å². The highest BCUT2D eigenvalue weighted by molar-refractivity contribution is 6.52. The second-order valence-electron chi connectivity index (χ2n) is 4.11. The van der Waals surface area contributed by atoms with E-state index in [4.69, 9.17) is 0 Å². The molecular weight excluding hydrogens is 198 g/mol. The molecule has 0 aromatic heterocycles. The Morgan fingerprint density at radius 2 is 1.56 bits per heavy atom. The van der Waals surface area contributed by atoms with Crippen molar-refractivity contribution in [2.24, 2.45) is 0 Å². The van der Waals surface area contributed by atoms with Crippen molar-refractivity contribution in [1.29, 1.82) is 0 Å². The summed E-state index contributed by atoms with van der Waals surface area (Å²) in [7, 11) is 0.962. The molecule has 0 nitrogen and oxygen atoms in total. The van der Waals surface area contributed by atoms with Crippen LogP contribution in [0.3, 0.4) is 0 Å². The third-order valence-corrected chi connectivity index (χ3v) is 2.74. The summed E-state index contributed by atoms with van der Waals surface area (Å²) in [5, 5.41) is 0. The van der Waals surface area contributed by atoms with Gasteiger partial charge in [0.2, 0.25) is 0 Å². The molecule has 0 amide bonds. The largest absolute Gasteiger partial charge is 0.207 e. The van der Waals surface area contributed by atoms with Gasteiger partial charge >= 0.3 is 0 Å². The van der Waals surface area contributed by atoms with E-state index in [2.05, 4.69) is 31.2 Å². The van der Waals surface area contributed by atoms with Gasteiger partial charge < -0.3 is 0 Å². The Balaban J connectivity index is 1.97. The zero-order valence-corrected chi connectivity index (χ0v) is 9.41. The summed E-state index contributed by atoms with van der Waals surface area (Å²) in [6, 6.07) is 15.3. The van der Waals surface area contributed by atoms with E-state index in [1.165, 1.54) is 28.7 Å². The maximum absolute atomic E-state index is 12.7. The van der Waals surface area contributed by atoms with Crippen LogP contribution in [0.5, 0.6) is 0 Å². The fraction of sp³-hybridized carbons (Fsp3) is 0.143. The van der Waals surface area contributed by atoms with Crippen LogP contribution in [-0.4, -0.2) is 7.28 Å². The zero-order valence-electron chi connectivity index (χ0n) is 9.41. The first-order chi connectivity index (χ1) is 7.74. The van der Waals surface area contributed by atoms with Gasteiger partial charge in [-0.3, -0.25) is 0 Å². The molecule has 2 aromatic rings.